The number of nitrogens with two attached hydrogens (primary N) is 1. The van der Waals surface area contributed by atoms with E-state index in [-0.39, 0.29) is 0 Å². The van der Waals surface area contributed by atoms with Crippen molar-refractivity contribution in [2.45, 2.75) is 13.8 Å². The van der Waals surface area contributed by atoms with Crippen LogP contribution in [-0.4, -0.2) is 25.1 Å². The summed E-state index contributed by atoms with van der Waals surface area (Å²) in [6.45, 7) is 4.00. The van der Waals surface area contributed by atoms with Crippen LogP contribution in [0.3, 0.4) is 0 Å². The maximum absolute atomic E-state index is 5.74. The maximum atomic E-state index is 5.74. The van der Waals surface area contributed by atoms with Crippen molar-refractivity contribution in [3.8, 4) is 11.3 Å². The number of nitrogens with one attached hydrogen (secondary N) is 2. The summed E-state index contributed by atoms with van der Waals surface area (Å²) in [4.78, 5) is 11.3. The predicted molar refractivity (Wildman–Crippen MR) is 67.2 cm³/mol. The number of anilines is 1. The van der Waals surface area contributed by atoms with Crippen molar-refractivity contribution in [3.05, 3.63) is 24.8 Å². The molecule has 4 N–H and O–H groups in total. The molecule has 0 aliphatic carbocycles. The number of nitrogens with zero attached hydrogens (tertiary/aromatic N) is 3. The summed E-state index contributed by atoms with van der Waals surface area (Å²) in [6, 6.07) is 1.91. The molecule has 6 nitrogen and oxygen atoms in total. The lowest BCUT2D eigenvalue weighted by atomic mass is 10.2. The second kappa shape index (κ2) is 4.65. The Labute approximate surface area is 98.3 Å². The van der Waals surface area contributed by atoms with Crippen molar-refractivity contribution in [2.75, 3.05) is 5.73 Å². The van der Waals surface area contributed by atoms with Gasteiger partial charge in [-0.05, 0) is 6.07 Å². The first-order chi connectivity index (χ1) is 8.36. The van der Waals surface area contributed by atoms with Gasteiger partial charge in [0.1, 0.15) is 17.8 Å². The molecule has 0 atom stereocenters. The Bertz CT molecular complexity index is 609. The molecule has 0 aromatic carbocycles. The molecule has 0 amide bonds. The van der Waals surface area contributed by atoms with Gasteiger partial charge in [-0.1, -0.05) is 13.8 Å². The minimum atomic E-state index is 0.510. The van der Waals surface area contributed by atoms with Gasteiger partial charge in [-0.3, -0.25) is 5.10 Å². The van der Waals surface area contributed by atoms with E-state index in [1.165, 1.54) is 6.33 Å². The minimum absolute atomic E-state index is 0.510. The zero-order valence-corrected chi connectivity index (χ0v) is 9.73. The molecule has 0 fully saturated rings. The zero-order valence-electron chi connectivity index (χ0n) is 9.73. The number of fused-ring (bicyclic) bond motifs is 1. The number of H-pyrrole nitrogens is 2. The zero-order chi connectivity index (χ0) is 12.3. The average molecular weight is 230 g/mol. The van der Waals surface area contributed by atoms with Crippen LogP contribution >= 0.6 is 0 Å². The second-order valence-electron chi connectivity index (χ2n) is 3.16. The molecule has 0 saturated heterocycles. The monoisotopic (exact) mass is 230 g/mol. The van der Waals surface area contributed by atoms with E-state index < -0.39 is 0 Å². The van der Waals surface area contributed by atoms with Gasteiger partial charge in [0.25, 0.3) is 0 Å². The van der Waals surface area contributed by atoms with E-state index in [4.69, 9.17) is 5.73 Å². The molecule has 6 heteroatoms. The molecular weight excluding hydrogens is 216 g/mol. The third kappa shape index (κ3) is 1.84. The lowest BCUT2D eigenvalue weighted by molar-refractivity contribution is 1.10. The van der Waals surface area contributed by atoms with Gasteiger partial charge in [-0.25, -0.2) is 9.97 Å². The summed E-state index contributed by atoms with van der Waals surface area (Å²) in [5.74, 6) is 0.510. The second-order valence-corrected chi connectivity index (χ2v) is 3.16. The molecule has 0 unspecified atom stereocenters. The van der Waals surface area contributed by atoms with E-state index >= 15 is 0 Å². The summed E-state index contributed by atoms with van der Waals surface area (Å²) in [5.41, 5.74) is 8.11. The number of hydrogen-bond acceptors (Lipinski definition) is 4. The van der Waals surface area contributed by atoms with Gasteiger partial charge in [0, 0.05) is 11.6 Å². The Morgan fingerprint density at radius 2 is 2.06 bits per heavy atom. The van der Waals surface area contributed by atoms with Gasteiger partial charge in [-0.2, -0.15) is 5.10 Å². The van der Waals surface area contributed by atoms with E-state index in [2.05, 4.69) is 25.1 Å². The van der Waals surface area contributed by atoms with Crippen LogP contribution in [-0.2, 0) is 0 Å². The summed E-state index contributed by atoms with van der Waals surface area (Å²) < 4.78 is 0. The molecule has 17 heavy (non-hydrogen) atoms. The highest BCUT2D eigenvalue weighted by molar-refractivity contribution is 5.92. The Morgan fingerprint density at radius 1 is 1.24 bits per heavy atom. The molecule has 3 aromatic heterocycles. The van der Waals surface area contributed by atoms with E-state index in [0.717, 1.165) is 22.3 Å². The SMILES string of the molecule is CC.Nc1[nH]ncc1-c1ncnc2[nH]ccc12. The number of aromatic nitrogens is 5. The smallest absolute Gasteiger partial charge is 0.141 e. The third-order valence-corrected chi connectivity index (χ3v) is 2.28. The summed E-state index contributed by atoms with van der Waals surface area (Å²) in [5, 5.41) is 7.49. The Kier molecular flexibility index (Phi) is 3.04. The number of hydrogen-bond donors (Lipinski definition) is 3. The molecule has 3 rings (SSSR count). The molecule has 0 saturated carbocycles. The molecule has 0 aliphatic rings. The fourth-order valence-corrected chi connectivity index (χ4v) is 1.57. The molecule has 0 radical (unpaired) electrons. The van der Waals surface area contributed by atoms with Gasteiger partial charge in [-0.15, -0.1) is 0 Å². The molecule has 0 spiro atoms. The van der Waals surface area contributed by atoms with Gasteiger partial charge in [0.2, 0.25) is 0 Å². The Balaban J connectivity index is 0.000000514. The molecule has 0 aliphatic heterocycles. The van der Waals surface area contributed by atoms with E-state index in [1.54, 1.807) is 6.20 Å². The lowest BCUT2D eigenvalue weighted by Crippen LogP contribution is -1.91. The normalized spacial score (nSPS) is 10.0. The summed E-state index contributed by atoms with van der Waals surface area (Å²) in [7, 11) is 0. The van der Waals surface area contributed by atoms with Crippen molar-refractivity contribution in [1.82, 2.24) is 25.1 Å². The number of nitrogen functional groups attached to an aromatic ring is 1. The van der Waals surface area contributed by atoms with Crippen LogP contribution in [0.5, 0.6) is 0 Å². The highest BCUT2D eigenvalue weighted by atomic mass is 15.1. The van der Waals surface area contributed by atoms with Crippen molar-refractivity contribution >= 4 is 16.9 Å². The van der Waals surface area contributed by atoms with Crippen molar-refractivity contribution in [1.29, 1.82) is 0 Å². The number of rotatable bonds is 1. The molecule has 3 aromatic rings. The largest absolute Gasteiger partial charge is 0.384 e. The predicted octanol–water partition coefficient (Wildman–Crippen LogP) is 1.96. The van der Waals surface area contributed by atoms with Crippen molar-refractivity contribution < 1.29 is 0 Å². The van der Waals surface area contributed by atoms with Crippen LogP contribution in [0.4, 0.5) is 5.82 Å². The maximum Gasteiger partial charge on any atom is 0.141 e. The molecule has 3 heterocycles. The van der Waals surface area contributed by atoms with E-state index in [0.29, 0.717) is 5.82 Å². The van der Waals surface area contributed by atoms with E-state index in [9.17, 15) is 0 Å². The quantitative estimate of drug-likeness (QED) is 0.595. The van der Waals surface area contributed by atoms with Crippen LogP contribution in [0.25, 0.3) is 22.3 Å². The van der Waals surface area contributed by atoms with Crippen molar-refractivity contribution in [3.63, 3.8) is 0 Å². The van der Waals surface area contributed by atoms with Crippen LogP contribution in [0.15, 0.2) is 24.8 Å². The van der Waals surface area contributed by atoms with E-state index in [1.807, 2.05) is 26.1 Å². The highest BCUT2D eigenvalue weighted by Gasteiger charge is 2.10. The first-order valence-electron chi connectivity index (χ1n) is 5.43. The van der Waals surface area contributed by atoms with Gasteiger partial charge >= 0.3 is 0 Å². The number of aromatic amines is 2. The fraction of sp³-hybridized carbons (Fsp3) is 0.182. The highest BCUT2D eigenvalue weighted by Crippen LogP contribution is 2.27. The molecule has 0 bridgehead atoms. The van der Waals surface area contributed by atoms with Crippen LogP contribution in [0.2, 0.25) is 0 Å². The summed E-state index contributed by atoms with van der Waals surface area (Å²) in [6.07, 6.45) is 4.98. The Morgan fingerprint density at radius 3 is 2.76 bits per heavy atom. The van der Waals surface area contributed by atoms with Gasteiger partial charge < -0.3 is 10.7 Å². The average Bonchev–Trinajstić information content (AvgIpc) is 2.99. The van der Waals surface area contributed by atoms with Crippen LogP contribution < -0.4 is 5.73 Å². The topological polar surface area (TPSA) is 96.3 Å². The van der Waals surface area contributed by atoms with Crippen LogP contribution in [0, 0.1) is 0 Å². The first kappa shape index (κ1) is 11.1. The van der Waals surface area contributed by atoms with Gasteiger partial charge in [0.15, 0.2) is 0 Å². The van der Waals surface area contributed by atoms with Gasteiger partial charge in [0.05, 0.1) is 17.5 Å². The summed E-state index contributed by atoms with van der Waals surface area (Å²) >= 11 is 0. The Hall–Kier alpha value is -2.37. The minimum Gasteiger partial charge on any atom is -0.384 e. The molecular formula is C11H14N6. The standard InChI is InChI=1S/C9H8N6.C2H6/c10-8-6(3-14-15-8)7-5-1-2-11-9(5)13-4-12-7;1-2/h1-4H,(H3,10,14,15)(H,11,12,13);1-2H3. The molecule has 88 valence electrons. The van der Waals surface area contributed by atoms with Crippen molar-refractivity contribution in [2.24, 2.45) is 0 Å². The third-order valence-electron chi connectivity index (χ3n) is 2.28. The lowest BCUT2D eigenvalue weighted by Gasteiger charge is -1.99. The first-order valence-corrected chi connectivity index (χ1v) is 5.43. The van der Waals surface area contributed by atoms with Crippen LogP contribution in [0.1, 0.15) is 13.8 Å². The fourth-order valence-electron chi connectivity index (χ4n) is 1.57.